The van der Waals surface area contributed by atoms with Gasteiger partial charge in [-0.2, -0.15) is 0 Å². The Morgan fingerprint density at radius 1 is 1.36 bits per heavy atom. The quantitative estimate of drug-likeness (QED) is 0.646. The second kappa shape index (κ2) is 5.11. The minimum Gasteiger partial charge on any atom is -0.484 e. The van der Waals surface area contributed by atoms with E-state index in [2.05, 4.69) is 20.8 Å². The minimum atomic E-state index is 0.372. The van der Waals surface area contributed by atoms with E-state index in [1.807, 2.05) is 6.92 Å². The van der Waals surface area contributed by atoms with Gasteiger partial charge in [-0.3, -0.25) is 0 Å². The van der Waals surface area contributed by atoms with Crippen LogP contribution in [0.5, 0.6) is 0 Å². The Morgan fingerprint density at radius 3 is 2.50 bits per heavy atom. The maximum Gasteiger partial charge on any atom is 0.157 e. The van der Waals surface area contributed by atoms with E-state index in [-0.39, 0.29) is 0 Å². The third-order valence-corrected chi connectivity index (χ3v) is 3.37. The lowest BCUT2D eigenvalue weighted by molar-refractivity contribution is 0.0390. The Hall–Kier alpha value is -0.110. The molecule has 0 amide bonds. The maximum absolute atomic E-state index is 5.77. The zero-order valence-corrected chi connectivity index (χ0v) is 10.6. The predicted molar refractivity (Wildman–Crippen MR) is 64.5 cm³/mol. The molecule has 0 aromatic rings. The minimum absolute atomic E-state index is 0.372. The maximum atomic E-state index is 5.77. The highest BCUT2D eigenvalue weighted by Crippen LogP contribution is 2.35. The largest absolute Gasteiger partial charge is 0.484 e. The highest BCUT2D eigenvalue weighted by Gasteiger charge is 2.32. The van der Waals surface area contributed by atoms with Gasteiger partial charge in [0.2, 0.25) is 0 Å². The van der Waals surface area contributed by atoms with Crippen molar-refractivity contribution >= 4 is 17.3 Å². The first-order valence-corrected chi connectivity index (χ1v) is 6.08. The molecule has 0 heterocycles. The topological polar surface area (TPSA) is 9.23 Å². The molecule has 0 N–H and O–H groups in total. The van der Waals surface area contributed by atoms with E-state index in [0.29, 0.717) is 23.0 Å². The zero-order chi connectivity index (χ0) is 10.7. The summed E-state index contributed by atoms with van der Waals surface area (Å²) in [5.74, 6) is 2.20. The van der Waals surface area contributed by atoms with Crippen LogP contribution in [0.3, 0.4) is 0 Å². The van der Waals surface area contributed by atoms with Crippen molar-refractivity contribution in [3.05, 3.63) is 0 Å². The van der Waals surface area contributed by atoms with Gasteiger partial charge in [-0.1, -0.05) is 27.2 Å². The van der Waals surface area contributed by atoms with Gasteiger partial charge in [0.15, 0.2) is 5.05 Å². The van der Waals surface area contributed by atoms with E-state index >= 15 is 0 Å². The van der Waals surface area contributed by atoms with Crippen molar-refractivity contribution in [3.8, 4) is 0 Å². The molecule has 1 fully saturated rings. The van der Waals surface area contributed by atoms with E-state index in [0.717, 1.165) is 5.92 Å². The molecule has 0 saturated heterocycles. The number of rotatable bonds is 2. The van der Waals surface area contributed by atoms with Crippen molar-refractivity contribution in [2.45, 2.75) is 53.1 Å². The average Bonchev–Trinajstić information content (AvgIpc) is 2.01. The Morgan fingerprint density at radius 2 is 2.00 bits per heavy atom. The number of ether oxygens (including phenoxy) is 1. The van der Waals surface area contributed by atoms with E-state index in [4.69, 9.17) is 17.0 Å². The normalized spacial score (nSPS) is 33.1. The Balaban J connectivity index is 2.58. The molecule has 0 spiro atoms. The molecule has 1 nitrogen and oxygen atoms in total. The molecule has 1 aliphatic carbocycles. The Bertz CT molecular complexity index is 200. The number of thiocarbonyl (C=S) groups is 1. The lowest BCUT2D eigenvalue weighted by Crippen LogP contribution is -2.35. The SMILES string of the molecule is CC(=S)OC1CC(C)CCC1C(C)C. The summed E-state index contributed by atoms with van der Waals surface area (Å²) in [6, 6.07) is 0. The predicted octanol–water partition coefficient (Wildman–Crippen LogP) is 3.81. The highest BCUT2D eigenvalue weighted by molar-refractivity contribution is 7.80. The molecule has 0 aromatic carbocycles. The van der Waals surface area contributed by atoms with Crippen LogP contribution >= 0.6 is 12.2 Å². The van der Waals surface area contributed by atoms with Gasteiger partial charge >= 0.3 is 0 Å². The summed E-state index contributed by atoms with van der Waals surface area (Å²) in [7, 11) is 0. The van der Waals surface area contributed by atoms with Crippen LogP contribution in [-0.4, -0.2) is 11.2 Å². The van der Waals surface area contributed by atoms with E-state index in [1.54, 1.807) is 0 Å². The fourth-order valence-electron chi connectivity index (χ4n) is 2.46. The molecule has 3 atom stereocenters. The van der Waals surface area contributed by atoms with E-state index in [1.165, 1.54) is 19.3 Å². The summed E-state index contributed by atoms with van der Waals surface area (Å²) in [5.41, 5.74) is 0. The monoisotopic (exact) mass is 214 g/mol. The number of hydrogen-bond donors (Lipinski definition) is 0. The summed E-state index contributed by atoms with van der Waals surface area (Å²) in [4.78, 5) is 0. The lowest BCUT2D eigenvalue weighted by atomic mass is 9.75. The fourth-order valence-corrected chi connectivity index (χ4v) is 2.59. The molecule has 14 heavy (non-hydrogen) atoms. The van der Waals surface area contributed by atoms with Crippen LogP contribution in [0.15, 0.2) is 0 Å². The van der Waals surface area contributed by atoms with E-state index in [9.17, 15) is 0 Å². The van der Waals surface area contributed by atoms with Gasteiger partial charge in [0.1, 0.15) is 6.10 Å². The van der Waals surface area contributed by atoms with Gasteiger partial charge in [0.25, 0.3) is 0 Å². The second-order valence-corrected chi connectivity index (χ2v) is 5.55. The van der Waals surface area contributed by atoms with Crippen LogP contribution < -0.4 is 0 Å². The van der Waals surface area contributed by atoms with Crippen LogP contribution in [0.25, 0.3) is 0 Å². The van der Waals surface area contributed by atoms with E-state index < -0.39 is 0 Å². The van der Waals surface area contributed by atoms with Crippen molar-refractivity contribution in [2.75, 3.05) is 0 Å². The first-order chi connectivity index (χ1) is 6.50. The molecule has 0 bridgehead atoms. The fraction of sp³-hybridized carbons (Fsp3) is 0.917. The summed E-state index contributed by atoms with van der Waals surface area (Å²) < 4.78 is 5.77. The van der Waals surface area contributed by atoms with Gasteiger partial charge in [0.05, 0.1) is 0 Å². The van der Waals surface area contributed by atoms with Crippen LogP contribution in [0.4, 0.5) is 0 Å². The summed E-state index contributed by atoms with van der Waals surface area (Å²) in [5, 5.41) is 0.703. The molecule has 3 unspecified atom stereocenters. The molecule has 2 heteroatoms. The average molecular weight is 214 g/mol. The van der Waals surface area contributed by atoms with Crippen molar-refractivity contribution in [2.24, 2.45) is 17.8 Å². The zero-order valence-electron chi connectivity index (χ0n) is 9.75. The molecule has 0 radical (unpaired) electrons. The Kier molecular flexibility index (Phi) is 4.36. The third-order valence-electron chi connectivity index (χ3n) is 3.28. The first-order valence-electron chi connectivity index (χ1n) is 5.68. The van der Waals surface area contributed by atoms with Gasteiger partial charge in [-0.15, -0.1) is 0 Å². The van der Waals surface area contributed by atoms with Crippen LogP contribution in [0.1, 0.15) is 47.0 Å². The molecule has 1 aliphatic rings. The Labute approximate surface area is 93.2 Å². The van der Waals surface area contributed by atoms with Crippen molar-refractivity contribution in [1.29, 1.82) is 0 Å². The van der Waals surface area contributed by atoms with Gasteiger partial charge in [0, 0.05) is 6.92 Å². The van der Waals surface area contributed by atoms with Gasteiger partial charge < -0.3 is 4.74 Å². The molecular weight excluding hydrogens is 192 g/mol. The van der Waals surface area contributed by atoms with Crippen LogP contribution in [0.2, 0.25) is 0 Å². The first kappa shape index (κ1) is 12.0. The highest BCUT2D eigenvalue weighted by atomic mass is 32.1. The molecule has 0 aliphatic heterocycles. The van der Waals surface area contributed by atoms with Gasteiger partial charge in [-0.25, -0.2) is 0 Å². The summed E-state index contributed by atoms with van der Waals surface area (Å²) >= 11 is 5.03. The third kappa shape index (κ3) is 3.23. The second-order valence-electron chi connectivity index (χ2n) is 4.97. The smallest absolute Gasteiger partial charge is 0.157 e. The van der Waals surface area contributed by atoms with Crippen molar-refractivity contribution in [1.82, 2.24) is 0 Å². The molecule has 82 valence electrons. The molecular formula is C12H22OS. The molecule has 1 saturated carbocycles. The lowest BCUT2D eigenvalue weighted by Gasteiger charge is -2.37. The summed E-state index contributed by atoms with van der Waals surface area (Å²) in [6.07, 6.45) is 4.19. The van der Waals surface area contributed by atoms with Gasteiger partial charge in [-0.05, 0) is 42.8 Å². The van der Waals surface area contributed by atoms with Crippen molar-refractivity contribution in [3.63, 3.8) is 0 Å². The number of hydrogen-bond acceptors (Lipinski definition) is 2. The summed E-state index contributed by atoms with van der Waals surface area (Å²) in [6.45, 7) is 8.77. The standard InChI is InChI=1S/C12H22OS/c1-8(2)11-6-5-9(3)7-12(11)13-10(4)14/h8-9,11-12H,5-7H2,1-4H3. The molecule has 0 aromatic heterocycles. The van der Waals surface area contributed by atoms with Crippen LogP contribution in [0, 0.1) is 17.8 Å². The molecule has 1 rings (SSSR count). The van der Waals surface area contributed by atoms with Crippen molar-refractivity contribution < 1.29 is 4.74 Å². The van der Waals surface area contributed by atoms with Crippen LogP contribution in [-0.2, 0) is 4.74 Å².